The van der Waals surface area contributed by atoms with Gasteiger partial charge in [0.25, 0.3) is 0 Å². The number of guanidine groups is 1. The summed E-state index contributed by atoms with van der Waals surface area (Å²) in [5.74, 6) is 2.76. The van der Waals surface area contributed by atoms with Gasteiger partial charge in [-0.15, -0.1) is 24.0 Å². The molecule has 1 aliphatic heterocycles. The highest BCUT2D eigenvalue weighted by Crippen LogP contribution is 2.28. The maximum Gasteiger partial charge on any atom is 0.193 e. The van der Waals surface area contributed by atoms with Crippen LogP contribution in [0.4, 0.5) is 0 Å². The van der Waals surface area contributed by atoms with E-state index in [9.17, 15) is 0 Å². The maximum absolute atomic E-state index is 5.49. The van der Waals surface area contributed by atoms with Crippen LogP contribution in [0.25, 0.3) is 0 Å². The number of ether oxygens (including phenoxy) is 2. The van der Waals surface area contributed by atoms with Gasteiger partial charge in [-0.1, -0.05) is 26.7 Å². The minimum atomic E-state index is 0. The molecular weight excluding hydrogens is 417 g/mol. The molecule has 144 valence electrons. The van der Waals surface area contributed by atoms with E-state index in [1.165, 1.54) is 19.3 Å². The predicted octanol–water partition coefficient (Wildman–Crippen LogP) is 3.38. The third kappa shape index (κ3) is 8.85. The Balaban J connectivity index is 0.00000529. The molecule has 1 heterocycles. The van der Waals surface area contributed by atoms with Crippen molar-refractivity contribution in [3.8, 4) is 0 Å². The second-order valence-electron chi connectivity index (χ2n) is 6.27. The van der Waals surface area contributed by atoms with Gasteiger partial charge in [0.05, 0.1) is 13.2 Å². The van der Waals surface area contributed by atoms with Crippen molar-refractivity contribution < 1.29 is 9.47 Å². The Labute approximate surface area is 166 Å². The lowest BCUT2D eigenvalue weighted by atomic mass is 9.87. The molecule has 0 amide bonds. The predicted molar refractivity (Wildman–Crippen MR) is 112 cm³/mol. The highest BCUT2D eigenvalue weighted by atomic mass is 127. The van der Waals surface area contributed by atoms with E-state index < -0.39 is 0 Å². The zero-order chi connectivity index (χ0) is 16.9. The van der Waals surface area contributed by atoms with Gasteiger partial charge in [0.2, 0.25) is 0 Å². The van der Waals surface area contributed by atoms with Crippen LogP contribution in [0.2, 0.25) is 0 Å². The zero-order valence-corrected chi connectivity index (χ0v) is 18.4. The normalized spacial score (nSPS) is 18.1. The van der Waals surface area contributed by atoms with Crippen LogP contribution in [0.3, 0.4) is 0 Å². The van der Waals surface area contributed by atoms with Crippen molar-refractivity contribution in [1.82, 2.24) is 10.2 Å². The summed E-state index contributed by atoms with van der Waals surface area (Å²) in [5, 5.41) is 3.45. The number of rotatable bonds is 11. The largest absolute Gasteiger partial charge is 0.382 e. The molecule has 1 N–H and O–H groups in total. The van der Waals surface area contributed by atoms with Crippen molar-refractivity contribution >= 4 is 29.9 Å². The lowest BCUT2D eigenvalue weighted by Crippen LogP contribution is -2.40. The van der Waals surface area contributed by atoms with Crippen molar-refractivity contribution in [3.63, 3.8) is 0 Å². The Morgan fingerprint density at radius 2 is 1.96 bits per heavy atom. The zero-order valence-electron chi connectivity index (χ0n) is 16.1. The van der Waals surface area contributed by atoms with Gasteiger partial charge in [-0.25, -0.2) is 0 Å². The number of methoxy groups -OCH3 is 1. The smallest absolute Gasteiger partial charge is 0.193 e. The average Bonchev–Trinajstić information content (AvgIpc) is 3.04. The molecule has 1 fully saturated rings. The Hall–Kier alpha value is -0.0800. The molecule has 24 heavy (non-hydrogen) atoms. The number of nitrogens with zero attached hydrogens (tertiary/aromatic N) is 2. The van der Waals surface area contributed by atoms with Gasteiger partial charge < -0.3 is 19.7 Å². The van der Waals surface area contributed by atoms with Crippen molar-refractivity contribution in [1.29, 1.82) is 0 Å². The van der Waals surface area contributed by atoms with Gasteiger partial charge in [-0.3, -0.25) is 4.99 Å². The summed E-state index contributed by atoms with van der Waals surface area (Å²) >= 11 is 0. The first-order valence-electron chi connectivity index (χ1n) is 9.36. The number of nitrogens with one attached hydrogen (secondary N) is 1. The molecule has 0 bridgehead atoms. The van der Waals surface area contributed by atoms with E-state index in [2.05, 4.69) is 31.0 Å². The van der Waals surface area contributed by atoms with Crippen molar-refractivity contribution in [2.45, 2.75) is 46.5 Å². The van der Waals surface area contributed by atoms with Gasteiger partial charge in [0.15, 0.2) is 5.96 Å². The Bertz CT molecular complexity index is 325. The Morgan fingerprint density at radius 1 is 1.21 bits per heavy atom. The second kappa shape index (κ2) is 15.2. The summed E-state index contributed by atoms with van der Waals surface area (Å²) in [4.78, 5) is 7.22. The maximum atomic E-state index is 5.49. The molecule has 1 rings (SSSR count). The first-order chi connectivity index (χ1) is 11.3. The van der Waals surface area contributed by atoms with Crippen LogP contribution in [0.5, 0.6) is 0 Å². The van der Waals surface area contributed by atoms with Crippen LogP contribution >= 0.6 is 24.0 Å². The molecule has 1 saturated heterocycles. The molecule has 1 aliphatic rings. The lowest BCUT2D eigenvalue weighted by molar-refractivity contribution is 0.0702. The second-order valence-corrected chi connectivity index (χ2v) is 6.27. The minimum absolute atomic E-state index is 0. The third-order valence-corrected chi connectivity index (χ3v) is 4.71. The Morgan fingerprint density at radius 3 is 2.58 bits per heavy atom. The van der Waals surface area contributed by atoms with Crippen LogP contribution in [-0.2, 0) is 9.47 Å². The standard InChI is InChI=1S/C18H37N3O2.HI/c1-5-16(6-2)17-9-11-21(15-17)18(19-7-3)20-10-8-12-23-14-13-22-4;/h16-17H,5-15H2,1-4H3,(H,19,20);1H. The van der Waals surface area contributed by atoms with Crippen LogP contribution < -0.4 is 5.32 Å². The summed E-state index contributed by atoms with van der Waals surface area (Å²) in [7, 11) is 1.70. The monoisotopic (exact) mass is 455 g/mol. The molecule has 0 aromatic rings. The quantitative estimate of drug-likeness (QED) is 0.225. The summed E-state index contributed by atoms with van der Waals surface area (Å²) < 4.78 is 10.5. The van der Waals surface area contributed by atoms with Gasteiger partial charge in [-0.2, -0.15) is 0 Å². The van der Waals surface area contributed by atoms with E-state index >= 15 is 0 Å². The number of hydrogen-bond acceptors (Lipinski definition) is 3. The average molecular weight is 455 g/mol. The number of hydrogen-bond donors (Lipinski definition) is 1. The van der Waals surface area contributed by atoms with Crippen LogP contribution in [0.1, 0.15) is 46.5 Å². The van der Waals surface area contributed by atoms with Crippen LogP contribution in [-0.4, -0.2) is 64.0 Å². The number of aliphatic imine (C=N–C) groups is 1. The van der Waals surface area contributed by atoms with Gasteiger partial charge in [0, 0.05) is 39.9 Å². The van der Waals surface area contributed by atoms with E-state index in [0.29, 0.717) is 13.2 Å². The molecular formula is C18H38IN3O2. The van der Waals surface area contributed by atoms with Gasteiger partial charge >= 0.3 is 0 Å². The van der Waals surface area contributed by atoms with Gasteiger partial charge in [0.1, 0.15) is 0 Å². The van der Waals surface area contributed by atoms with E-state index in [1.807, 2.05) is 0 Å². The SMILES string of the molecule is CCNC(=NCCCOCCOC)N1CCC(C(CC)CC)C1.I. The molecule has 5 nitrogen and oxygen atoms in total. The first-order valence-corrected chi connectivity index (χ1v) is 9.36. The third-order valence-electron chi connectivity index (χ3n) is 4.71. The highest BCUT2D eigenvalue weighted by Gasteiger charge is 2.29. The van der Waals surface area contributed by atoms with Crippen LogP contribution in [0, 0.1) is 11.8 Å². The topological polar surface area (TPSA) is 46.1 Å². The molecule has 0 aromatic heterocycles. The van der Waals surface area contributed by atoms with Gasteiger partial charge in [-0.05, 0) is 31.6 Å². The molecule has 0 radical (unpaired) electrons. The lowest BCUT2D eigenvalue weighted by Gasteiger charge is -2.24. The van der Waals surface area contributed by atoms with Crippen LogP contribution in [0.15, 0.2) is 4.99 Å². The van der Waals surface area contributed by atoms with E-state index in [-0.39, 0.29) is 24.0 Å². The molecule has 0 saturated carbocycles. The molecule has 0 aliphatic carbocycles. The fraction of sp³-hybridized carbons (Fsp3) is 0.944. The summed E-state index contributed by atoms with van der Waals surface area (Å²) in [6.07, 6.45) is 4.85. The number of likely N-dealkylation sites (tertiary alicyclic amines) is 1. The highest BCUT2D eigenvalue weighted by molar-refractivity contribution is 14.0. The van der Waals surface area contributed by atoms with E-state index in [1.54, 1.807) is 7.11 Å². The molecule has 1 atom stereocenters. The van der Waals surface area contributed by atoms with E-state index in [0.717, 1.165) is 57.0 Å². The number of halogens is 1. The first kappa shape index (κ1) is 23.9. The fourth-order valence-corrected chi connectivity index (χ4v) is 3.34. The van der Waals surface area contributed by atoms with Crippen molar-refractivity contribution in [2.75, 3.05) is 53.1 Å². The molecule has 6 heteroatoms. The fourth-order valence-electron chi connectivity index (χ4n) is 3.34. The summed E-state index contributed by atoms with van der Waals surface area (Å²) in [6, 6.07) is 0. The summed E-state index contributed by atoms with van der Waals surface area (Å²) in [6.45, 7) is 12.9. The summed E-state index contributed by atoms with van der Waals surface area (Å²) in [5.41, 5.74) is 0. The van der Waals surface area contributed by atoms with E-state index in [4.69, 9.17) is 14.5 Å². The Kier molecular flexibility index (Phi) is 15.1. The molecule has 0 aromatic carbocycles. The molecule has 1 unspecified atom stereocenters. The van der Waals surface area contributed by atoms with Crippen molar-refractivity contribution in [3.05, 3.63) is 0 Å². The minimum Gasteiger partial charge on any atom is -0.382 e. The van der Waals surface area contributed by atoms with Crippen molar-refractivity contribution in [2.24, 2.45) is 16.8 Å². The molecule has 0 spiro atoms.